The minimum atomic E-state index is -0.399. The second kappa shape index (κ2) is 8.81. The number of aliphatic hydroxyl groups is 1. The predicted molar refractivity (Wildman–Crippen MR) is 117 cm³/mol. The van der Waals surface area contributed by atoms with Gasteiger partial charge in [-0.3, -0.25) is 9.59 Å². The molecule has 0 aliphatic carbocycles. The summed E-state index contributed by atoms with van der Waals surface area (Å²) in [6.45, 7) is 1.24. The number of ether oxygens (including phenoxy) is 2. The molecular weight excluding hydrogens is 396 g/mol. The Bertz CT molecular complexity index is 1020. The van der Waals surface area contributed by atoms with Gasteiger partial charge in [-0.2, -0.15) is 0 Å². The van der Waals surface area contributed by atoms with Gasteiger partial charge in [-0.1, -0.05) is 30.3 Å². The predicted octanol–water partition coefficient (Wildman–Crippen LogP) is 2.69. The van der Waals surface area contributed by atoms with Crippen molar-refractivity contribution in [2.24, 2.45) is 5.92 Å². The maximum absolute atomic E-state index is 13.7. The van der Waals surface area contributed by atoms with Crippen LogP contribution in [0.5, 0.6) is 11.5 Å². The van der Waals surface area contributed by atoms with Gasteiger partial charge in [0, 0.05) is 25.8 Å². The molecule has 1 saturated heterocycles. The number of carbonyl (C=O) groups excluding carboxylic acids is 2. The van der Waals surface area contributed by atoms with Crippen molar-refractivity contribution in [2.45, 2.75) is 12.8 Å². The van der Waals surface area contributed by atoms with Crippen LogP contribution in [-0.2, 0) is 9.59 Å². The average molecular weight is 422 g/mol. The molecule has 4 rings (SSSR count). The minimum absolute atomic E-state index is 0.0556. The Morgan fingerprint density at radius 3 is 2.48 bits per heavy atom. The lowest BCUT2D eigenvalue weighted by atomic mass is 9.97. The first-order valence-corrected chi connectivity index (χ1v) is 10.3. The van der Waals surface area contributed by atoms with Crippen molar-refractivity contribution in [3.63, 3.8) is 0 Å². The zero-order valence-electron chi connectivity index (χ0n) is 17.7. The summed E-state index contributed by atoms with van der Waals surface area (Å²) < 4.78 is 10.8. The van der Waals surface area contributed by atoms with Crippen LogP contribution in [0.25, 0.3) is 5.57 Å². The second-order valence-corrected chi connectivity index (χ2v) is 7.71. The van der Waals surface area contributed by atoms with E-state index in [1.54, 1.807) is 18.2 Å². The average Bonchev–Trinajstić information content (AvgIpc) is 3.08. The maximum Gasteiger partial charge on any atom is 0.282 e. The first-order chi connectivity index (χ1) is 15.1. The van der Waals surface area contributed by atoms with Crippen LogP contribution < -0.4 is 14.4 Å². The van der Waals surface area contributed by atoms with Crippen molar-refractivity contribution in [1.82, 2.24) is 4.90 Å². The van der Waals surface area contributed by atoms with Gasteiger partial charge in [0.1, 0.15) is 17.2 Å². The van der Waals surface area contributed by atoms with Gasteiger partial charge in [-0.25, -0.2) is 4.90 Å². The third-order valence-electron chi connectivity index (χ3n) is 5.84. The van der Waals surface area contributed by atoms with Crippen LogP contribution in [0.4, 0.5) is 5.69 Å². The third-order valence-corrected chi connectivity index (χ3v) is 5.84. The molecule has 2 heterocycles. The van der Waals surface area contributed by atoms with E-state index in [9.17, 15) is 14.7 Å². The molecule has 0 spiro atoms. The molecule has 0 aromatic heterocycles. The van der Waals surface area contributed by atoms with Gasteiger partial charge in [0.2, 0.25) is 0 Å². The van der Waals surface area contributed by atoms with Crippen molar-refractivity contribution in [3.8, 4) is 11.5 Å². The molecule has 2 aliphatic heterocycles. The van der Waals surface area contributed by atoms with Gasteiger partial charge in [0.15, 0.2) is 0 Å². The minimum Gasteiger partial charge on any atom is -0.497 e. The van der Waals surface area contributed by atoms with E-state index in [1.165, 1.54) is 19.1 Å². The van der Waals surface area contributed by atoms with Gasteiger partial charge in [0.25, 0.3) is 11.8 Å². The van der Waals surface area contributed by atoms with E-state index in [0.29, 0.717) is 47.1 Å². The fourth-order valence-electron chi connectivity index (χ4n) is 4.28. The summed E-state index contributed by atoms with van der Waals surface area (Å²) in [6, 6.07) is 14.3. The van der Waals surface area contributed by atoms with E-state index >= 15 is 0 Å². The summed E-state index contributed by atoms with van der Waals surface area (Å²) in [7, 11) is 3.03. The Morgan fingerprint density at radius 1 is 1.03 bits per heavy atom. The standard InChI is InChI=1S/C24H26N2O5/c1-30-18-10-11-20(31-2)19(13-18)26-23(28)21(17-8-4-3-5-9-17)22(24(26)29)25-12-6-7-16(14-25)15-27/h3-5,8-11,13,16,27H,6-7,12,14-15H2,1-2H3. The third kappa shape index (κ3) is 3.77. The molecule has 1 N–H and O–H groups in total. The largest absolute Gasteiger partial charge is 0.497 e. The summed E-state index contributed by atoms with van der Waals surface area (Å²) in [6.07, 6.45) is 1.75. The molecule has 0 bridgehead atoms. The van der Waals surface area contributed by atoms with Crippen LogP contribution >= 0.6 is 0 Å². The number of hydrogen-bond acceptors (Lipinski definition) is 6. The number of aliphatic hydroxyl groups excluding tert-OH is 1. The van der Waals surface area contributed by atoms with Crippen LogP contribution in [0.3, 0.4) is 0 Å². The Hall–Kier alpha value is -3.32. The molecular formula is C24H26N2O5. The highest BCUT2D eigenvalue weighted by Gasteiger charge is 2.44. The van der Waals surface area contributed by atoms with Gasteiger partial charge in [0.05, 0.1) is 25.5 Å². The van der Waals surface area contributed by atoms with Gasteiger partial charge >= 0.3 is 0 Å². The Kier molecular flexibility index (Phi) is 5.95. The number of hydrogen-bond donors (Lipinski definition) is 1. The van der Waals surface area contributed by atoms with Crippen LogP contribution in [0.15, 0.2) is 54.2 Å². The second-order valence-electron chi connectivity index (χ2n) is 7.71. The van der Waals surface area contributed by atoms with E-state index < -0.39 is 11.8 Å². The molecule has 162 valence electrons. The fourth-order valence-corrected chi connectivity index (χ4v) is 4.28. The number of rotatable bonds is 6. The normalized spacial score (nSPS) is 19.3. The van der Waals surface area contributed by atoms with E-state index in [0.717, 1.165) is 12.8 Å². The maximum atomic E-state index is 13.7. The van der Waals surface area contributed by atoms with Gasteiger partial charge in [-0.15, -0.1) is 0 Å². The highest BCUT2D eigenvalue weighted by atomic mass is 16.5. The smallest absolute Gasteiger partial charge is 0.282 e. The summed E-state index contributed by atoms with van der Waals surface area (Å²) >= 11 is 0. The highest BCUT2D eigenvalue weighted by Crippen LogP contribution is 2.41. The Morgan fingerprint density at radius 2 is 1.81 bits per heavy atom. The molecule has 1 fully saturated rings. The number of nitrogens with zero attached hydrogens (tertiary/aromatic N) is 2. The van der Waals surface area contributed by atoms with Crippen LogP contribution in [0.1, 0.15) is 18.4 Å². The summed E-state index contributed by atoms with van der Waals surface area (Å²) in [5.41, 5.74) is 1.77. The van der Waals surface area contributed by atoms with E-state index in [4.69, 9.17) is 9.47 Å². The number of carbonyl (C=O) groups is 2. The van der Waals surface area contributed by atoms with Crippen molar-refractivity contribution < 1.29 is 24.2 Å². The number of likely N-dealkylation sites (tertiary alicyclic amines) is 1. The molecule has 2 aromatic carbocycles. The molecule has 7 heteroatoms. The zero-order chi connectivity index (χ0) is 22.0. The molecule has 2 aromatic rings. The van der Waals surface area contributed by atoms with Gasteiger partial charge in [-0.05, 0) is 36.5 Å². The lowest BCUT2D eigenvalue weighted by Crippen LogP contribution is -2.40. The van der Waals surface area contributed by atoms with Crippen LogP contribution in [0, 0.1) is 5.92 Å². The molecule has 1 unspecified atom stereocenters. The number of piperidine rings is 1. The number of amides is 2. The van der Waals surface area contributed by atoms with E-state index in [2.05, 4.69) is 0 Å². The van der Waals surface area contributed by atoms with Crippen LogP contribution in [-0.4, -0.2) is 55.7 Å². The van der Waals surface area contributed by atoms with Crippen molar-refractivity contribution in [2.75, 3.05) is 38.8 Å². The van der Waals surface area contributed by atoms with Crippen molar-refractivity contribution >= 4 is 23.1 Å². The van der Waals surface area contributed by atoms with E-state index in [1.807, 2.05) is 35.2 Å². The molecule has 0 radical (unpaired) electrons. The quantitative estimate of drug-likeness (QED) is 0.721. The zero-order valence-corrected chi connectivity index (χ0v) is 17.7. The van der Waals surface area contributed by atoms with Crippen molar-refractivity contribution in [1.29, 1.82) is 0 Å². The molecule has 2 amide bonds. The number of imide groups is 1. The molecule has 2 aliphatic rings. The molecule has 31 heavy (non-hydrogen) atoms. The van der Waals surface area contributed by atoms with Gasteiger partial charge < -0.3 is 19.5 Å². The lowest BCUT2D eigenvalue weighted by Gasteiger charge is -2.34. The number of benzene rings is 2. The monoisotopic (exact) mass is 422 g/mol. The summed E-state index contributed by atoms with van der Waals surface area (Å²) in [5, 5.41) is 9.67. The molecule has 0 saturated carbocycles. The number of anilines is 1. The molecule has 7 nitrogen and oxygen atoms in total. The first kappa shape index (κ1) is 20.9. The highest BCUT2D eigenvalue weighted by molar-refractivity contribution is 6.45. The summed E-state index contributed by atoms with van der Waals surface area (Å²) in [5.74, 6) is 0.201. The number of methoxy groups -OCH3 is 2. The Labute approximate surface area is 181 Å². The fraction of sp³-hybridized carbons (Fsp3) is 0.333. The van der Waals surface area contributed by atoms with E-state index in [-0.39, 0.29) is 12.5 Å². The molecule has 1 atom stereocenters. The van der Waals surface area contributed by atoms with Crippen LogP contribution in [0.2, 0.25) is 0 Å². The topological polar surface area (TPSA) is 79.3 Å². The summed E-state index contributed by atoms with van der Waals surface area (Å²) in [4.78, 5) is 30.5. The first-order valence-electron chi connectivity index (χ1n) is 10.3. The lowest BCUT2D eigenvalue weighted by molar-refractivity contribution is -0.120. The van der Waals surface area contributed by atoms with Crippen molar-refractivity contribution in [3.05, 3.63) is 59.8 Å². The SMILES string of the molecule is COc1ccc(OC)c(N2C(=O)C(c3ccccc3)=C(N3CCCC(CO)C3)C2=O)c1. The Balaban J connectivity index is 1.84.